The highest BCUT2D eigenvalue weighted by Gasteiger charge is 2.35. The van der Waals surface area contributed by atoms with Crippen molar-refractivity contribution < 1.29 is 22.7 Å². The molecule has 0 heterocycles. The van der Waals surface area contributed by atoms with Gasteiger partial charge in [0.05, 0.1) is 5.56 Å². The van der Waals surface area contributed by atoms with Gasteiger partial charge in [-0.3, -0.25) is 0 Å². The molecule has 0 aliphatic heterocycles. The number of halogens is 3. The standard InChI is InChI=1S/C21H18F3NO2S/c1-3-6-14-9-11-15(12-10-14)17(13-25)19(27-20(26)28-2)16-7-4-5-8-18(16)21(22,23)24/h4-5,7-12H,3,6H2,1-2H3. The molecule has 7 heteroatoms. The molecule has 0 aliphatic rings. The van der Waals surface area contributed by atoms with Gasteiger partial charge in [-0.1, -0.05) is 55.8 Å². The van der Waals surface area contributed by atoms with E-state index in [0.717, 1.165) is 24.5 Å². The maximum atomic E-state index is 13.5. The van der Waals surface area contributed by atoms with Crippen LogP contribution in [-0.4, -0.2) is 11.6 Å². The van der Waals surface area contributed by atoms with E-state index in [1.165, 1.54) is 24.5 Å². The highest BCUT2D eigenvalue weighted by molar-refractivity contribution is 8.12. The summed E-state index contributed by atoms with van der Waals surface area (Å²) in [5.74, 6) is -0.405. The van der Waals surface area contributed by atoms with E-state index in [4.69, 9.17) is 4.74 Å². The lowest BCUT2D eigenvalue weighted by atomic mass is 9.97. The summed E-state index contributed by atoms with van der Waals surface area (Å²) in [5.41, 5.74) is -0.0480. The van der Waals surface area contributed by atoms with E-state index in [2.05, 4.69) is 0 Å². The summed E-state index contributed by atoms with van der Waals surface area (Å²) in [5, 5.41) is 8.87. The second-order valence-electron chi connectivity index (χ2n) is 5.86. The van der Waals surface area contributed by atoms with Crippen LogP contribution in [0.1, 0.15) is 35.6 Å². The molecule has 0 unspecified atom stereocenters. The molecule has 28 heavy (non-hydrogen) atoms. The van der Waals surface area contributed by atoms with Crippen molar-refractivity contribution in [2.75, 3.05) is 6.26 Å². The van der Waals surface area contributed by atoms with Gasteiger partial charge in [0, 0.05) is 5.56 Å². The third-order valence-electron chi connectivity index (χ3n) is 3.95. The molecule has 146 valence electrons. The van der Waals surface area contributed by atoms with Crippen molar-refractivity contribution in [3.8, 4) is 6.07 Å². The van der Waals surface area contributed by atoms with Gasteiger partial charge in [-0.15, -0.1) is 0 Å². The lowest BCUT2D eigenvalue weighted by molar-refractivity contribution is -0.137. The summed E-state index contributed by atoms with van der Waals surface area (Å²) in [6.07, 6.45) is -1.44. The average Bonchev–Trinajstić information content (AvgIpc) is 2.68. The van der Waals surface area contributed by atoms with Gasteiger partial charge in [0.2, 0.25) is 0 Å². The Morgan fingerprint density at radius 3 is 2.32 bits per heavy atom. The number of thioether (sulfide) groups is 1. The average molecular weight is 405 g/mol. The van der Waals surface area contributed by atoms with Crippen LogP contribution in [0.3, 0.4) is 0 Å². The Bertz CT molecular complexity index is 912. The summed E-state index contributed by atoms with van der Waals surface area (Å²) in [7, 11) is 0. The lowest BCUT2D eigenvalue weighted by Gasteiger charge is -2.16. The molecule has 2 aromatic carbocycles. The van der Waals surface area contributed by atoms with E-state index in [1.54, 1.807) is 24.3 Å². The minimum Gasteiger partial charge on any atom is -0.416 e. The van der Waals surface area contributed by atoms with Gasteiger partial charge in [-0.25, -0.2) is 4.79 Å². The first-order valence-electron chi connectivity index (χ1n) is 8.47. The molecule has 2 aromatic rings. The SMILES string of the molecule is CCCc1ccc(C(C#N)=C(OC(=O)SC)c2ccccc2C(F)(F)F)cc1. The van der Waals surface area contributed by atoms with Crippen LogP contribution in [-0.2, 0) is 17.3 Å². The van der Waals surface area contributed by atoms with Gasteiger partial charge in [-0.2, -0.15) is 18.4 Å². The van der Waals surface area contributed by atoms with E-state index < -0.39 is 22.8 Å². The van der Waals surface area contributed by atoms with Gasteiger partial charge in [0.1, 0.15) is 11.6 Å². The Kier molecular flexibility index (Phi) is 7.30. The van der Waals surface area contributed by atoms with E-state index in [1.807, 2.05) is 13.0 Å². The zero-order valence-electron chi connectivity index (χ0n) is 15.3. The second-order valence-corrected chi connectivity index (χ2v) is 6.60. The molecular weight excluding hydrogens is 387 g/mol. The molecule has 0 aromatic heterocycles. The topological polar surface area (TPSA) is 50.1 Å². The molecule has 3 nitrogen and oxygen atoms in total. The first kappa shape index (κ1) is 21.6. The quantitative estimate of drug-likeness (QED) is 0.245. The molecule has 0 fully saturated rings. The van der Waals surface area contributed by atoms with Crippen LogP contribution in [0.2, 0.25) is 0 Å². The fourth-order valence-corrected chi connectivity index (χ4v) is 2.83. The number of rotatable bonds is 5. The maximum Gasteiger partial charge on any atom is 0.417 e. The highest BCUT2D eigenvalue weighted by atomic mass is 32.2. The van der Waals surface area contributed by atoms with Crippen molar-refractivity contribution in [3.63, 3.8) is 0 Å². The summed E-state index contributed by atoms with van der Waals surface area (Å²) in [6, 6.07) is 13.5. The normalized spacial score (nSPS) is 12.1. The Hall–Kier alpha value is -2.72. The molecule has 0 radical (unpaired) electrons. The molecule has 2 rings (SSSR count). The van der Waals surface area contributed by atoms with Gasteiger partial charge in [0.25, 0.3) is 0 Å². The smallest absolute Gasteiger partial charge is 0.416 e. The first-order valence-corrected chi connectivity index (χ1v) is 9.70. The van der Waals surface area contributed by atoms with Crippen LogP contribution >= 0.6 is 11.8 Å². The Balaban J connectivity index is 2.71. The van der Waals surface area contributed by atoms with Crippen molar-refractivity contribution in [2.45, 2.75) is 25.9 Å². The Morgan fingerprint density at radius 1 is 1.14 bits per heavy atom. The fourth-order valence-electron chi connectivity index (χ4n) is 2.67. The number of allylic oxidation sites excluding steroid dienone is 1. The van der Waals surface area contributed by atoms with Gasteiger partial charge in [0.15, 0.2) is 5.76 Å². The summed E-state index contributed by atoms with van der Waals surface area (Å²) in [4.78, 5) is 11.9. The van der Waals surface area contributed by atoms with Crippen molar-refractivity contribution in [3.05, 3.63) is 70.8 Å². The number of nitriles is 1. The summed E-state index contributed by atoms with van der Waals surface area (Å²) >= 11 is 0.707. The Labute approximate surface area is 165 Å². The summed E-state index contributed by atoms with van der Waals surface area (Å²) < 4.78 is 45.6. The molecule has 0 spiro atoms. The third-order valence-corrected chi connectivity index (χ3v) is 4.37. The number of benzene rings is 2. The number of ether oxygens (including phenoxy) is 1. The number of nitrogens with zero attached hydrogens (tertiary/aromatic N) is 1. The third kappa shape index (κ3) is 5.17. The number of carbonyl (C=O) groups is 1. The lowest BCUT2D eigenvalue weighted by Crippen LogP contribution is -2.11. The van der Waals surface area contributed by atoms with Crippen LogP contribution in [0.15, 0.2) is 48.5 Å². The number of carbonyl (C=O) groups excluding carboxylic acids is 1. The maximum absolute atomic E-state index is 13.5. The fraction of sp³-hybridized carbons (Fsp3) is 0.238. The zero-order valence-corrected chi connectivity index (χ0v) is 16.2. The summed E-state index contributed by atoms with van der Waals surface area (Å²) in [6.45, 7) is 2.03. The molecule has 0 saturated heterocycles. The largest absolute Gasteiger partial charge is 0.417 e. The Morgan fingerprint density at radius 2 is 1.79 bits per heavy atom. The number of hydrogen-bond donors (Lipinski definition) is 0. The van der Waals surface area contributed by atoms with E-state index in [-0.39, 0.29) is 11.1 Å². The molecule has 0 saturated carbocycles. The van der Waals surface area contributed by atoms with E-state index in [0.29, 0.717) is 17.3 Å². The molecular formula is C21H18F3NO2S. The minimum atomic E-state index is -4.67. The predicted octanol–water partition coefficient (Wildman–Crippen LogP) is 6.55. The second kappa shape index (κ2) is 9.47. The molecule has 0 N–H and O–H groups in total. The molecule has 0 atom stereocenters. The number of aryl methyl sites for hydroxylation is 1. The van der Waals surface area contributed by atoms with Crippen molar-refractivity contribution in [1.82, 2.24) is 0 Å². The van der Waals surface area contributed by atoms with Crippen molar-refractivity contribution >= 4 is 28.4 Å². The van der Waals surface area contributed by atoms with E-state index >= 15 is 0 Å². The van der Waals surface area contributed by atoms with Gasteiger partial charge >= 0.3 is 11.5 Å². The highest BCUT2D eigenvalue weighted by Crippen LogP contribution is 2.38. The molecule has 0 bridgehead atoms. The number of hydrogen-bond acceptors (Lipinski definition) is 4. The first-order chi connectivity index (χ1) is 13.3. The molecule has 0 amide bonds. The van der Waals surface area contributed by atoms with Crippen molar-refractivity contribution in [2.24, 2.45) is 0 Å². The minimum absolute atomic E-state index is 0.137. The van der Waals surface area contributed by atoms with Crippen LogP contribution in [0, 0.1) is 11.3 Å². The number of alkyl halides is 3. The van der Waals surface area contributed by atoms with E-state index in [9.17, 15) is 23.2 Å². The van der Waals surface area contributed by atoms with Crippen LogP contribution < -0.4 is 0 Å². The van der Waals surface area contributed by atoms with Crippen LogP contribution in [0.25, 0.3) is 11.3 Å². The molecule has 0 aliphatic carbocycles. The van der Waals surface area contributed by atoms with Crippen molar-refractivity contribution in [1.29, 1.82) is 5.26 Å². The predicted molar refractivity (Wildman–Crippen MR) is 104 cm³/mol. The zero-order chi connectivity index (χ0) is 20.7. The van der Waals surface area contributed by atoms with Crippen LogP contribution in [0.4, 0.5) is 18.0 Å². The monoisotopic (exact) mass is 405 g/mol. The van der Waals surface area contributed by atoms with Gasteiger partial charge in [-0.05, 0) is 41.6 Å². The van der Waals surface area contributed by atoms with Gasteiger partial charge < -0.3 is 4.74 Å². The van der Waals surface area contributed by atoms with Crippen LogP contribution in [0.5, 0.6) is 0 Å².